The molecular formula is C12H18ClN3O2. The number of hydrogen-bond donors (Lipinski definition) is 1. The van der Waals surface area contributed by atoms with E-state index in [2.05, 4.69) is 10.5 Å². The van der Waals surface area contributed by atoms with Gasteiger partial charge in [-0.25, -0.2) is 4.79 Å². The summed E-state index contributed by atoms with van der Waals surface area (Å²) in [6.07, 6.45) is 5.82. The average molecular weight is 272 g/mol. The molecule has 18 heavy (non-hydrogen) atoms. The number of nitrogens with one attached hydrogen (secondary N) is 1. The van der Waals surface area contributed by atoms with Gasteiger partial charge in [0.25, 0.3) is 0 Å². The highest BCUT2D eigenvalue weighted by molar-refractivity contribution is 6.16. The van der Waals surface area contributed by atoms with Crippen molar-refractivity contribution in [2.24, 2.45) is 0 Å². The highest BCUT2D eigenvalue weighted by atomic mass is 35.5. The van der Waals surface area contributed by atoms with Gasteiger partial charge in [-0.3, -0.25) is 5.32 Å². The largest absolute Gasteiger partial charge is 0.338 e. The number of urea groups is 1. The predicted octanol–water partition coefficient (Wildman–Crippen LogP) is 3.21. The molecule has 5 nitrogen and oxygen atoms in total. The van der Waals surface area contributed by atoms with Crippen LogP contribution in [0.5, 0.6) is 0 Å². The van der Waals surface area contributed by atoms with Crippen molar-refractivity contribution < 1.29 is 9.32 Å². The Morgan fingerprint density at radius 2 is 2.28 bits per heavy atom. The van der Waals surface area contributed by atoms with E-state index >= 15 is 0 Å². The Balaban J connectivity index is 1.90. The first-order chi connectivity index (χ1) is 8.70. The van der Waals surface area contributed by atoms with Crippen LogP contribution in [-0.2, 0) is 5.88 Å². The predicted molar refractivity (Wildman–Crippen MR) is 69.7 cm³/mol. The molecule has 2 amide bonds. The zero-order valence-corrected chi connectivity index (χ0v) is 11.2. The Kier molecular flexibility index (Phi) is 4.47. The Morgan fingerprint density at radius 3 is 2.89 bits per heavy atom. The Hall–Kier alpha value is -1.23. The number of alkyl halides is 1. The van der Waals surface area contributed by atoms with Gasteiger partial charge in [0.1, 0.15) is 5.69 Å². The summed E-state index contributed by atoms with van der Waals surface area (Å²) in [6, 6.07) is 1.81. The first-order valence-corrected chi connectivity index (χ1v) is 6.79. The summed E-state index contributed by atoms with van der Waals surface area (Å²) in [5, 5.41) is 6.41. The van der Waals surface area contributed by atoms with E-state index in [1.165, 1.54) is 19.3 Å². The van der Waals surface area contributed by atoms with Crippen LogP contribution in [0.3, 0.4) is 0 Å². The minimum atomic E-state index is -0.154. The Bertz CT molecular complexity index is 402. The number of hydrogen-bond acceptors (Lipinski definition) is 3. The van der Waals surface area contributed by atoms with Crippen LogP contribution in [0.1, 0.15) is 37.8 Å². The average Bonchev–Trinajstić information content (AvgIpc) is 2.86. The van der Waals surface area contributed by atoms with Gasteiger partial charge in [0.15, 0.2) is 0 Å². The summed E-state index contributed by atoms with van der Waals surface area (Å²) in [5.41, 5.74) is 0.618. The molecule has 0 bridgehead atoms. The van der Waals surface area contributed by atoms with Crippen LogP contribution in [0.2, 0.25) is 0 Å². The number of carbonyl (C=O) groups is 1. The maximum atomic E-state index is 12.0. The molecule has 1 aliphatic rings. The number of aromatic nitrogens is 1. The van der Waals surface area contributed by atoms with Gasteiger partial charge in [-0.15, -0.1) is 11.6 Å². The third kappa shape index (κ3) is 3.16. The van der Waals surface area contributed by atoms with Gasteiger partial charge in [-0.05, 0) is 12.8 Å². The maximum absolute atomic E-state index is 12.0. The topological polar surface area (TPSA) is 58.4 Å². The standard InChI is InChI=1S/C12H18ClN3O2/c1-16(10-5-3-2-4-6-10)12(17)14-11-7-9(8-13)15-18-11/h7,10H,2-6,8H2,1H3,(H,14,17). The molecule has 0 aliphatic heterocycles. The Labute approximate surface area is 111 Å². The maximum Gasteiger partial charge on any atom is 0.324 e. The minimum absolute atomic E-state index is 0.154. The molecule has 0 radical (unpaired) electrons. The summed E-state index contributed by atoms with van der Waals surface area (Å²) in [5.74, 6) is 0.621. The van der Waals surface area contributed by atoms with Crippen LogP contribution in [0.4, 0.5) is 10.7 Å². The monoisotopic (exact) mass is 271 g/mol. The van der Waals surface area contributed by atoms with E-state index in [9.17, 15) is 4.79 Å². The molecule has 0 saturated heterocycles. The molecule has 1 heterocycles. The minimum Gasteiger partial charge on any atom is -0.338 e. The van der Waals surface area contributed by atoms with Crippen LogP contribution in [-0.4, -0.2) is 29.2 Å². The van der Waals surface area contributed by atoms with Crippen molar-refractivity contribution in [3.63, 3.8) is 0 Å². The summed E-state index contributed by atoms with van der Waals surface area (Å²) in [7, 11) is 1.82. The SMILES string of the molecule is CN(C(=O)Nc1cc(CCl)no1)C1CCCCC1. The summed E-state index contributed by atoms with van der Waals surface area (Å²) >= 11 is 5.62. The lowest BCUT2D eigenvalue weighted by Crippen LogP contribution is -2.40. The molecule has 1 aliphatic carbocycles. The van der Waals surface area contributed by atoms with Crippen LogP contribution < -0.4 is 5.32 Å². The molecule has 2 rings (SSSR count). The fourth-order valence-corrected chi connectivity index (χ4v) is 2.39. The number of anilines is 1. The molecule has 1 fully saturated rings. The van der Waals surface area contributed by atoms with Crippen LogP contribution in [0, 0.1) is 0 Å². The normalized spacial score (nSPS) is 16.6. The van der Waals surface area contributed by atoms with Gasteiger partial charge >= 0.3 is 6.03 Å². The molecule has 1 aromatic rings. The van der Waals surface area contributed by atoms with Crippen molar-refractivity contribution >= 4 is 23.5 Å². The highest BCUT2D eigenvalue weighted by Crippen LogP contribution is 2.22. The first kappa shape index (κ1) is 13.2. The fraction of sp³-hybridized carbons (Fsp3) is 0.667. The molecule has 100 valence electrons. The lowest BCUT2D eigenvalue weighted by atomic mass is 9.95. The quantitative estimate of drug-likeness (QED) is 0.859. The molecule has 6 heteroatoms. The van der Waals surface area contributed by atoms with Crippen molar-refractivity contribution in [2.75, 3.05) is 12.4 Å². The van der Waals surface area contributed by atoms with Gasteiger partial charge in [-0.1, -0.05) is 24.4 Å². The number of rotatable bonds is 3. The zero-order chi connectivity index (χ0) is 13.0. The van der Waals surface area contributed by atoms with Crippen LogP contribution in [0.15, 0.2) is 10.6 Å². The number of halogens is 1. The second kappa shape index (κ2) is 6.09. The van der Waals surface area contributed by atoms with E-state index < -0.39 is 0 Å². The highest BCUT2D eigenvalue weighted by Gasteiger charge is 2.22. The molecule has 0 spiro atoms. The number of nitrogens with zero attached hydrogens (tertiary/aromatic N) is 2. The Morgan fingerprint density at radius 1 is 1.56 bits per heavy atom. The fourth-order valence-electron chi connectivity index (χ4n) is 2.26. The van der Waals surface area contributed by atoms with Gasteiger partial charge in [0.05, 0.1) is 5.88 Å². The van der Waals surface area contributed by atoms with E-state index in [0.717, 1.165) is 12.8 Å². The lowest BCUT2D eigenvalue weighted by Gasteiger charge is -2.30. The molecule has 1 saturated carbocycles. The van der Waals surface area contributed by atoms with Gasteiger partial charge in [0.2, 0.25) is 5.88 Å². The van der Waals surface area contributed by atoms with Crippen molar-refractivity contribution in [3.05, 3.63) is 11.8 Å². The van der Waals surface area contributed by atoms with Crippen LogP contribution >= 0.6 is 11.6 Å². The smallest absolute Gasteiger partial charge is 0.324 e. The molecule has 1 aromatic heterocycles. The van der Waals surface area contributed by atoms with Crippen LogP contribution in [0.25, 0.3) is 0 Å². The zero-order valence-electron chi connectivity index (χ0n) is 10.5. The summed E-state index contributed by atoms with van der Waals surface area (Å²) in [4.78, 5) is 13.8. The van der Waals surface area contributed by atoms with Gasteiger partial charge in [0, 0.05) is 19.2 Å². The van der Waals surface area contributed by atoms with E-state index in [1.54, 1.807) is 11.0 Å². The van der Waals surface area contributed by atoms with Crippen molar-refractivity contribution in [1.82, 2.24) is 10.1 Å². The van der Waals surface area contributed by atoms with Gasteiger partial charge < -0.3 is 9.42 Å². The first-order valence-electron chi connectivity index (χ1n) is 6.26. The van der Waals surface area contributed by atoms with Gasteiger partial charge in [-0.2, -0.15) is 0 Å². The van der Waals surface area contributed by atoms with E-state index in [4.69, 9.17) is 16.1 Å². The number of amides is 2. The third-order valence-electron chi connectivity index (χ3n) is 3.37. The third-order valence-corrected chi connectivity index (χ3v) is 3.64. The van der Waals surface area contributed by atoms with E-state index in [0.29, 0.717) is 17.6 Å². The second-order valence-electron chi connectivity index (χ2n) is 4.65. The molecular weight excluding hydrogens is 254 g/mol. The van der Waals surface area contributed by atoms with Crippen molar-refractivity contribution in [2.45, 2.75) is 44.0 Å². The molecule has 0 atom stereocenters. The lowest BCUT2D eigenvalue weighted by molar-refractivity contribution is 0.185. The van der Waals surface area contributed by atoms with Crippen molar-refractivity contribution in [3.8, 4) is 0 Å². The van der Waals surface area contributed by atoms with E-state index in [-0.39, 0.29) is 11.9 Å². The molecule has 1 N–H and O–H groups in total. The summed E-state index contributed by atoms with van der Waals surface area (Å²) < 4.78 is 4.97. The second-order valence-corrected chi connectivity index (χ2v) is 4.92. The van der Waals surface area contributed by atoms with E-state index in [1.807, 2.05) is 7.05 Å². The molecule has 0 unspecified atom stereocenters. The molecule has 0 aromatic carbocycles. The number of carbonyl (C=O) groups excluding carboxylic acids is 1. The summed E-state index contributed by atoms with van der Waals surface area (Å²) in [6.45, 7) is 0. The van der Waals surface area contributed by atoms with Crippen molar-refractivity contribution in [1.29, 1.82) is 0 Å².